The van der Waals surface area contributed by atoms with E-state index >= 15 is 0 Å². The van der Waals surface area contributed by atoms with Crippen LogP contribution in [0.1, 0.15) is 39.5 Å². The number of urea groups is 1. The van der Waals surface area contributed by atoms with Crippen LogP contribution in [-0.2, 0) is 9.59 Å². The van der Waals surface area contributed by atoms with Crippen molar-refractivity contribution in [2.45, 2.75) is 45.6 Å². The lowest BCUT2D eigenvalue weighted by Crippen LogP contribution is -2.53. The number of nitrogens with two attached hydrogens (primary N) is 1. The van der Waals surface area contributed by atoms with Crippen molar-refractivity contribution in [3.8, 4) is 0 Å². The first-order chi connectivity index (χ1) is 9.86. The first-order valence-electron chi connectivity index (χ1n) is 7.43. The Labute approximate surface area is 125 Å². The lowest BCUT2D eigenvalue weighted by Gasteiger charge is -2.39. The number of carbonyl (C=O) groups excluding carboxylic acids is 2. The highest BCUT2D eigenvalue weighted by molar-refractivity contribution is 5.83. The molecule has 2 unspecified atom stereocenters. The van der Waals surface area contributed by atoms with Crippen LogP contribution in [0.25, 0.3) is 0 Å². The number of hydrogen-bond donors (Lipinski definition) is 2. The molecule has 3 N–H and O–H groups in total. The average molecular weight is 299 g/mol. The number of hydrogen-bond acceptors (Lipinski definition) is 3. The summed E-state index contributed by atoms with van der Waals surface area (Å²) in [6.07, 6.45) is 2.61. The molecule has 7 heteroatoms. The van der Waals surface area contributed by atoms with Crippen LogP contribution in [0.3, 0.4) is 0 Å². The van der Waals surface area contributed by atoms with E-state index in [-0.39, 0.29) is 18.6 Å². The number of nitrogens with zero attached hydrogens (tertiary/aromatic N) is 2. The van der Waals surface area contributed by atoms with Crippen LogP contribution in [0.15, 0.2) is 0 Å². The summed E-state index contributed by atoms with van der Waals surface area (Å²) in [4.78, 5) is 37.8. The van der Waals surface area contributed by atoms with E-state index in [1.54, 1.807) is 4.90 Å². The van der Waals surface area contributed by atoms with Crippen molar-refractivity contribution in [3.05, 3.63) is 0 Å². The number of aliphatic carboxylic acids is 1. The van der Waals surface area contributed by atoms with Crippen molar-refractivity contribution in [1.82, 2.24) is 9.80 Å². The summed E-state index contributed by atoms with van der Waals surface area (Å²) in [6, 6.07) is -0.372. The Kier molecular flexibility index (Phi) is 6.45. The third-order valence-corrected chi connectivity index (χ3v) is 3.87. The van der Waals surface area contributed by atoms with Gasteiger partial charge in [-0.2, -0.15) is 0 Å². The Hall–Kier alpha value is -1.79. The predicted molar refractivity (Wildman–Crippen MR) is 77.6 cm³/mol. The third-order valence-electron chi connectivity index (χ3n) is 3.87. The molecule has 0 saturated carbocycles. The average Bonchev–Trinajstić information content (AvgIpc) is 2.42. The fraction of sp³-hybridized carbons (Fsp3) is 0.786. The topological polar surface area (TPSA) is 104 Å². The van der Waals surface area contributed by atoms with Crippen molar-refractivity contribution in [2.75, 3.05) is 19.6 Å². The number of carboxylic acid groups (broad SMARTS) is 1. The lowest BCUT2D eigenvalue weighted by molar-refractivity contribution is -0.143. The van der Waals surface area contributed by atoms with Crippen molar-refractivity contribution in [2.24, 2.45) is 11.7 Å². The SMILES string of the molecule is CCCCN(CC(N)=O)C(=O)N1CCC(C(=O)O)CC1C. The molecule has 0 aromatic rings. The largest absolute Gasteiger partial charge is 0.481 e. The molecule has 1 aliphatic rings. The van der Waals surface area contributed by atoms with Gasteiger partial charge >= 0.3 is 12.0 Å². The van der Waals surface area contributed by atoms with Gasteiger partial charge in [0.2, 0.25) is 5.91 Å². The summed E-state index contributed by atoms with van der Waals surface area (Å²) in [5.74, 6) is -1.74. The summed E-state index contributed by atoms with van der Waals surface area (Å²) in [5, 5.41) is 9.05. The molecule has 0 spiro atoms. The Morgan fingerprint density at radius 1 is 1.38 bits per heavy atom. The number of amides is 3. The molecule has 1 aliphatic heterocycles. The van der Waals surface area contributed by atoms with Gasteiger partial charge in [0.15, 0.2) is 0 Å². The third kappa shape index (κ3) is 4.91. The molecule has 0 aliphatic carbocycles. The van der Waals surface area contributed by atoms with Crippen LogP contribution >= 0.6 is 0 Å². The maximum atomic E-state index is 12.5. The smallest absolute Gasteiger partial charge is 0.320 e. The van der Waals surface area contributed by atoms with Gasteiger partial charge in [0.25, 0.3) is 0 Å². The zero-order valence-corrected chi connectivity index (χ0v) is 12.7. The minimum absolute atomic E-state index is 0.0928. The quantitative estimate of drug-likeness (QED) is 0.759. The van der Waals surface area contributed by atoms with E-state index in [0.29, 0.717) is 25.9 Å². The minimum atomic E-state index is -0.811. The van der Waals surface area contributed by atoms with Gasteiger partial charge in [-0.15, -0.1) is 0 Å². The van der Waals surface area contributed by atoms with Crippen molar-refractivity contribution in [1.29, 1.82) is 0 Å². The molecule has 0 radical (unpaired) electrons. The molecule has 0 aromatic carbocycles. The number of likely N-dealkylation sites (tertiary alicyclic amines) is 1. The molecule has 1 heterocycles. The second-order valence-electron chi connectivity index (χ2n) is 5.63. The lowest BCUT2D eigenvalue weighted by atomic mass is 9.92. The molecule has 120 valence electrons. The monoisotopic (exact) mass is 299 g/mol. The molecule has 1 rings (SSSR count). The molecular weight excluding hydrogens is 274 g/mol. The Bertz CT molecular complexity index is 400. The Balaban J connectivity index is 2.70. The highest BCUT2D eigenvalue weighted by atomic mass is 16.4. The van der Waals surface area contributed by atoms with Gasteiger partial charge < -0.3 is 20.6 Å². The van der Waals surface area contributed by atoms with Gasteiger partial charge in [-0.05, 0) is 26.2 Å². The standard InChI is InChI=1S/C14H25N3O4/c1-3-4-6-16(9-12(15)18)14(21)17-7-5-11(13(19)20)8-10(17)2/h10-11H,3-9H2,1-2H3,(H2,15,18)(H,19,20). The van der Waals surface area contributed by atoms with Crippen molar-refractivity contribution >= 4 is 17.9 Å². The Morgan fingerprint density at radius 3 is 2.52 bits per heavy atom. The van der Waals surface area contributed by atoms with E-state index in [1.807, 2.05) is 13.8 Å². The molecule has 1 fully saturated rings. The molecule has 2 atom stereocenters. The summed E-state index contributed by atoms with van der Waals surface area (Å²) < 4.78 is 0. The number of unbranched alkanes of at least 4 members (excludes halogenated alkanes) is 1. The molecule has 3 amide bonds. The van der Waals surface area contributed by atoms with Gasteiger partial charge in [0.05, 0.1) is 5.92 Å². The number of rotatable bonds is 6. The molecule has 0 aromatic heterocycles. The van der Waals surface area contributed by atoms with Gasteiger partial charge in [-0.25, -0.2) is 4.79 Å². The fourth-order valence-corrected chi connectivity index (χ4v) is 2.64. The van der Waals surface area contributed by atoms with E-state index in [9.17, 15) is 14.4 Å². The zero-order valence-electron chi connectivity index (χ0n) is 12.7. The maximum Gasteiger partial charge on any atom is 0.320 e. The van der Waals surface area contributed by atoms with Crippen LogP contribution in [0.4, 0.5) is 4.79 Å². The first-order valence-corrected chi connectivity index (χ1v) is 7.43. The number of carbonyl (C=O) groups is 3. The zero-order chi connectivity index (χ0) is 16.0. The molecule has 0 bridgehead atoms. The predicted octanol–water partition coefficient (Wildman–Crippen LogP) is 0.879. The van der Waals surface area contributed by atoms with Crippen molar-refractivity contribution < 1.29 is 19.5 Å². The second kappa shape index (κ2) is 7.85. The Morgan fingerprint density at radius 2 is 2.05 bits per heavy atom. The second-order valence-corrected chi connectivity index (χ2v) is 5.63. The summed E-state index contributed by atoms with van der Waals surface area (Å²) in [5.41, 5.74) is 5.20. The van der Waals surface area contributed by atoms with E-state index in [4.69, 9.17) is 10.8 Å². The van der Waals surface area contributed by atoms with E-state index in [0.717, 1.165) is 12.8 Å². The molecule has 7 nitrogen and oxygen atoms in total. The maximum absolute atomic E-state index is 12.5. The number of primary amides is 1. The van der Waals surface area contributed by atoms with Gasteiger partial charge in [-0.1, -0.05) is 13.3 Å². The normalized spacial score (nSPS) is 21.9. The highest BCUT2D eigenvalue weighted by Crippen LogP contribution is 2.24. The van der Waals surface area contributed by atoms with Crippen LogP contribution in [-0.4, -0.2) is 58.5 Å². The summed E-state index contributed by atoms with van der Waals surface area (Å²) >= 11 is 0. The van der Waals surface area contributed by atoms with E-state index in [2.05, 4.69) is 0 Å². The van der Waals surface area contributed by atoms with Crippen LogP contribution in [0.5, 0.6) is 0 Å². The number of carboxylic acids is 1. The number of piperidine rings is 1. The van der Waals surface area contributed by atoms with Crippen molar-refractivity contribution in [3.63, 3.8) is 0 Å². The van der Waals surface area contributed by atoms with Crippen LogP contribution < -0.4 is 5.73 Å². The van der Waals surface area contributed by atoms with E-state index in [1.165, 1.54) is 4.90 Å². The van der Waals surface area contributed by atoms with Gasteiger partial charge in [0.1, 0.15) is 6.54 Å². The molecular formula is C14H25N3O4. The highest BCUT2D eigenvalue weighted by Gasteiger charge is 2.34. The molecule has 21 heavy (non-hydrogen) atoms. The van der Waals surface area contributed by atoms with Gasteiger partial charge in [0, 0.05) is 19.1 Å². The summed E-state index contributed by atoms with van der Waals surface area (Å²) in [6.45, 7) is 4.65. The van der Waals surface area contributed by atoms with Gasteiger partial charge in [-0.3, -0.25) is 9.59 Å². The summed E-state index contributed by atoms with van der Waals surface area (Å²) in [7, 11) is 0. The fourth-order valence-electron chi connectivity index (χ4n) is 2.64. The first kappa shape index (κ1) is 17.3. The van der Waals surface area contributed by atoms with Crippen LogP contribution in [0.2, 0.25) is 0 Å². The minimum Gasteiger partial charge on any atom is -0.481 e. The molecule has 1 saturated heterocycles. The van der Waals surface area contributed by atoms with Crippen LogP contribution in [0, 0.1) is 5.92 Å². The van der Waals surface area contributed by atoms with E-state index < -0.39 is 17.8 Å².